The molecule has 2 heterocycles. The van der Waals surface area contributed by atoms with Gasteiger partial charge in [0.25, 0.3) is 0 Å². The third-order valence-corrected chi connectivity index (χ3v) is 11.9. The molecule has 0 spiro atoms. The zero-order chi connectivity index (χ0) is 35.1. The van der Waals surface area contributed by atoms with Gasteiger partial charge < -0.3 is 9.47 Å². The van der Waals surface area contributed by atoms with E-state index >= 15 is 0 Å². The number of nitrogens with zero attached hydrogens (tertiary/aromatic N) is 4. The largest absolute Gasteiger partial charge is 0.308 e. The molecule has 52 heavy (non-hydrogen) atoms. The van der Waals surface area contributed by atoms with Gasteiger partial charge in [0.2, 0.25) is 0 Å². The highest BCUT2D eigenvalue weighted by molar-refractivity contribution is 7.25. The van der Waals surface area contributed by atoms with Gasteiger partial charge in [-0.25, -0.2) is 0 Å². The standard InChI is InChI=1S/C47H30N4S/c1-47(2)39-19-11-9-17-33(39)35-23-36-37-24-38-34-18-10-12-20-44(34)52-45(38)26-42(37)51(41(36)25-40(35)47)46-30(28-49)21-29(27-48)22-43(46)50(31-13-5-3-6-14-31)32-15-7-4-8-16-32/h3-26H,1-2H3. The lowest BCUT2D eigenvalue weighted by Crippen LogP contribution is -2.16. The summed E-state index contributed by atoms with van der Waals surface area (Å²) in [6.45, 7) is 4.61. The third kappa shape index (κ3) is 4.24. The van der Waals surface area contributed by atoms with Crippen molar-refractivity contribution in [3.8, 4) is 29.0 Å². The first kappa shape index (κ1) is 30.2. The SMILES string of the molecule is CC1(C)c2ccccc2-c2cc3c4cc5c(cc4n(-c4c(C#N)cc(C#N)cc4N(c4ccccc4)c4ccccc4)c3cc21)sc1ccccc15. The van der Waals surface area contributed by atoms with Gasteiger partial charge in [0, 0.05) is 47.7 Å². The summed E-state index contributed by atoms with van der Waals surface area (Å²) < 4.78 is 4.73. The molecule has 0 bridgehead atoms. The summed E-state index contributed by atoms with van der Waals surface area (Å²) in [5.41, 5.74) is 11.1. The lowest BCUT2D eigenvalue weighted by Gasteiger charge is -2.29. The highest BCUT2D eigenvalue weighted by atomic mass is 32.1. The molecule has 0 N–H and O–H groups in total. The maximum atomic E-state index is 11.0. The Labute approximate surface area is 305 Å². The fourth-order valence-corrected chi connectivity index (χ4v) is 9.55. The van der Waals surface area contributed by atoms with Crippen LogP contribution in [0.15, 0.2) is 146 Å². The molecule has 244 valence electrons. The summed E-state index contributed by atoms with van der Waals surface area (Å²) in [6, 6.07) is 55.6. The molecule has 0 saturated carbocycles. The minimum absolute atomic E-state index is 0.219. The maximum absolute atomic E-state index is 11.0. The Bertz CT molecular complexity index is 2970. The lowest BCUT2D eigenvalue weighted by molar-refractivity contribution is 0.661. The van der Waals surface area contributed by atoms with Crippen LogP contribution in [-0.2, 0) is 5.41 Å². The van der Waals surface area contributed by atoms with E-state index < -0.39 is 0 Å². The molecule has 1 aliphatic rings. The fourth-order valence-electron chi connectivity index (χ4n) is 8.42. The molecule has 0 amide bonds. The van der Waals surface area contributed by atoms with E-state index in [0.717, 1.165) is 44.6 Å². The number of thiophene rings is 1. The number of para-hydroxylation sites is 2. The van der Waals surface area contributed by atoms with Crippen molar-refractivity contribution < 1.29 is 0 Å². The van der Waals surface area contributed by atoms with Crippen LogP contribution >= 0.6 is 11.3 Å². The molecule has 0 unspecified atom stereocenters. The minimum atomic E-state index is -0.219. The third-order valence-electron chi connectivity index (χ3n) is 10.8. The van der Waals surface area contributed by atoms with Gasteiger partial charge in [0.1, 0.15) is 6.07 Å². The van der Waals surface area contributed by atoms with Gasteiger partial charge in [-0.05, 0) is 89.0 Å². The van der Waals surface area contributed by atoms with Gasteiger partial charge in [0.15, 0.2) is 0 Å². The molecular formula is C47H30N4S. The van der Waals surface area contributed by atoms with Crippen LogP contribution in [0.4, 0.5) is 17.1 Å². The minimum Gasteiger partial charge on any atom is -0.308 e. The predicted octanol–water partition coefficient (Wildman–Crippen LogP) is 12.7. The van der Waals surface area contributed by atoms with Crippen molar-refractivity contribution in [1.29, 1.82) is 10.5 Å². The first-order valence-corrected chi connectivity index (χ1v) is 18.2. The zero-order valence-corrected chi connectivity index (χ0v) is 29.4. The summed E-state index contributed by atoms with van der Waals surface area (Å²) in [7, 11) is 0. The topological polar surface area (TPSA) is 55.8 Å². The summed E-state index contributed by atoms with van der Waals surface area (Å²) in [4.78, 5) is 2.17. The Morgan fingerprint density at radius 3 is 1.94 bits per heavy atom. The average Bonchev–Trinajstić information content (AvgIpc) is 3.78. The Kier molecular flexibility index (Phi) is 6.49. The maximum Gasteiger partial charge on any atom is 0.101 e. The van der Waals surface area contributed by atoms with Crippen LogP contribution in [0.5, 0.6) is 0 Å². The fraction of sp³-hybridized carbons (Fsp3) is 0.0638. The molecule has 10 rings (SSSR count). The molecule has 7 aromatic carbocycles. The van der Waals surface area contributed by atoms with Gasteiger partial charge in [-0.1, -0.05) is 92.7 Å². The van der Waals surface area contributed by atoms with Crippen LogP contribution in [0, 0.1) is 22.7 Å². The Hall–Kier alpha value is -6.66. The van der Waals surface area contributed by atoms with Gasteiger partial charge in [-0.15, -0.1) is 11.3 Å². The number of nitriles is 2. The Morgan fingerprint density at radius 1 is 0.558 bits per heavy atom. The highest BCUT2D eigenvalue weighted by Crippen LogP contribution is 2.52. The van der Waals surface area contributed by atoms with Crippen molar-refractivity contribution in [2.75, 3.05) is 4.90 Å². The summed E-state index contributed by atoms with van der Waals surface area (Å²) >= 11 is 1.79. The molecule has 1 aliphatic carbocycles. The van der Waals surface area contributed by atoms with Crippen molar-refractivity contribution >= 4 is 70.4 Å². The van der Waals surface area contributed by atoms with Crippen LogP contribution in [0.1, 0.15) is 36.1 Å². The molecule has 0 atom stereocenters. The van der Waals surface area contributed by atoms with Crippen molar-refractivity contribution in [3.05, 3.63) is 168 Å². The lowest BCUT2D eigenvalue weighted by atomic mass is 9.82. The van der Waals surface area contributed by atoms with Gasteiger partial charge in [0.05, 0.1) is 39.6 Å². The molecule has 0 saturated heterocycles. The molecule has 0 radical (unpaired) electrons. The van der Waals surface area contributed by atoms with Crippen LogP contribution in [0.3, 0.4) is 0 Å². The molecule has 2 aromatic heterocycles. The monoisotopic (exact) mass is 682 g/mol. The number of hydrogen-bond donors (Lipinski definition) is 0. The van der Waals surface area contributed by atoms with E-state index in [0.29, 0.717) is 11.1 Å². The second kappa shape index (κ2) is 11.2. The number of hydrogen-bond acceptors (Lipinski definition) is 4. The summed E-state index contributed by atoms with van der Waals surface area (Å²) in [5, 5.41) is 26.0. The van der Waals surface area contributed by atoms with Gasteiger partial charge >= 0.3 is 0 Å². The van der Waals surface area contributed by atoms with Gasteiger partial charge in [-0.3, -0.25) is 0 Å². The molecule has 4 nitrogen and oxygen atoms in total. The van der Waals surface area contributed by atoms with E-state index in [-0.39, 0.29) is 5.41 Å². The zero-order valence-electron chi connectivity index (χ0n) is 28.6. The number of fused-ring (bicyclic) bond motifs is 9. The molecule has 0 fully saturated rings. The van der Waals surface area contributed by atoms with Crippen molar-refractivity contribution in [2.45, 2.75) is 19.3 Å². The van der Waals surface area contributed by atoms with Crippen LogP contribution in [-0.4, -0.2) is 4.57 Å². The average molecular weight is 683 g/mol. The molecule has 5 heteroatoms. The van der Waals surface area contributed by atoms with E-state index in [1.165, 1.54) is 42.4 Å². The quantitative estimate of drug-likeness (QED) is 0.186. The van der Waals surface area contributed by atoms with E-state index in [4.69, 9.17) is 0 Å². The number of aromatic nitrogens is 1. The number of rotatable bonds is 4. The summed E-state index contributed by atoms with van der Waals surface area (Å²) in [6.07, 6.45) is 0. The van der Waals surface area contributed by atoms with E-state index in [1.54, 1.807) is 17.4 Å². The van der Waals surface area contributed by atoms with Crippen molar-refractivity contribution in [1.82, 2.24) is 4.57 Å². The van der Waals surface area contributed by atoms with E-state index in [1.807, 2.05) is 42.5 Å². The second-order valence-electron chi connectivity index (χ2n) is 14.0. The van der Waals surface area contributed by atoms with Crippen LogP contribution in [0.2, 0.25) is 0 Å². The van der Waals surface area contributed by atoms with Crippen LogP contribution < -0.4 is 4.90 Å². The first-order valence-electron chi connectivity index (χ1n) is 17.4. The van der Waals surface area contributed by atoms with E-state index in [9.17, 15) is 10.5 Å². The smallest absolute Gasteiger partial charge is 0.101 e. The molecular weight excluding hydrogens is 653 g/mol. The van der Waals surface area contributed by atoms with Crippen molar-refractivity contribution in [2.24, 2.45) is 0 Å². The second-order valence-corrected chi connectivity index (χ2v) is 15.1. The van der Waals surface area contributed by atoms with Crippen molar-refractivity contribution in [3.63, 3.8) is 0 Å². The molecule has 9 aromatic rings. The normalized spacial score (nSPS) is 12.9. The van der Waals surface area contributed by atoms with Gasteiger partial charge in [-0.2, -0.15) is 10.5 Å². The van der Waals surface area contributed by atoms with E-state index in [2.05, 4.69) is 133 Å². The highest BCUT2D eigenvalue weighted by Gasteiger charge is 2.36. The molecule has 0 aliphatic heterocycles. The first-order chi connectivity index (χ1) is 25.5. The summed E-state index contributed by atoms with van der Waals surface area (Å²) in [5.74, 6) is 0. The Balaban J connectivity index is 1.40. The predicted molar refractivity (Wildman–Crippen MR) is 215 cm³/mol. The number of benzene rings is 7. The Morgan fingerprint density at radius 2 is 1.21 bits per heavy atom. The number of anilines is 3. The van der Waals surface area contributed by atoms with Crippen LogP contribution in [0.25, 0.3) is 58.8 Å².